The van der Waals surface area contributed by atoms with Gasteiger partial charge in [-0.3, -0.25) is 9.59 Å². The van der Waals surface area contributed by atoms with Crippen LogP contribution in [0.4, 0.5) is 0 Å². The zero-order valence-corrected chi connectivity index (χ0v) is 11.8. The van der Waals surface area contributed by atoms with Gasteiger partial charge in [-0.2, -0.15) is 0 Å². The third-order valence-electron chi connectivity index (χ3n) is 3.66. The second-order valence-corrected chi connectivity index (χ2v) is 5.35. The molecule has 5 nitrogen and oxygen atoms in total. The first-order valence-corrected chi connectivity index (χ1v) is 6.78. The fourth-order valence-electron chi connectivity index (χ4n) is 2.21. The Kier molecular flexibility index (Phi) is 4.09. The van der Waals surface area contributed by atoms with Gasteiger partial charge in [-0.05, 0) is 24.1 Å². The fraction of sp³-hybridized carbons (Fsp3) is 0.467. The molecular formula is C15H20N2O3. The van der Waals surface area contributed by atoms with Crippen LogP contribution in [0.5, 0.6) is 0 Å². The molecule has 1 aromatic rings. The molecule has 2 rings (SSSR count). The lowest BCUT2D eigenvalue weighted by atomic mass is 9.90. The van der Waals surface area contributed by atoms with Crippen molar-refractivity contribution >= 4 is 11.8 Å². The number of benzene rings is 1. The first-order valence-electron chi connectivity index (χ1n) is 6.78. The van der Waals surface area contributed by atoms with Crippen LogP contribution in [0.1, 0.15) is 36.2 Å². The molecule has 1 aliphatic rings. The summed E-state index contributed by atoms with van der Waals surface area (Å²) in [6, 6.07) is 7.16. The molecule has 1 heterocycles. The Morgan fingerprint density at radius 3 is 2.40 bits per heavy atom. The number of hydrogen-bond acceptors (Lipinski definition) is 3. The van der Waals surface area contributed by atoms with Crippen LogP contribution in [0.25, 0.3) is 0 Å². The van der Waals surface area contributed by atoms with Crippen molar-refractivity contribution in [3.05, 3.63) is 35.4 Å². The molecule has 0 aliphatic carbocycles. The van der Waals surface area contributed by atoms with E-state index in [1.807, 2.05) is 19.1 Å². The van der Waals surface area contributed by atoms with Crippen LogP contribution < -0.4 is 5.32 Å². The predicted octanol–water partition coefficient (Wildman–Crippen LogP) is 0.920. The molecule has 1 saturated heterocycles. The molecule has 0 radical (unpaired) electrons. The van der Waals surface area contributed by atoms with Crippen molar-refractivity contribution in [1.29, 1.82) is 0 Å². The molecule has 1 aliphatic heterocycles. The Morgan fingerprint density at radius 2 is 1.90 bits per heavy atom. The van der Waals surface area contributed by atoms with Crippen molar-refractivity contribution in [3.63, 3.8) is 0 Å². The minimum Gasteiger partial charge on any atom is -0.386 e. The summed E-state index contributed by atoms with van der Waals surface area (Å²) < 4.78 is 0. The topological polar surface area (TPSA) is 69.6 Å². The van der Waals surface area contributed by atoms with Crippen molar-refractivity contribution in [2.45, 2.75) is 32.4 Å². The monoisotopic (exact) mass is 276 g/mol. The number of aliphatic hydroxyl groups is 1. The first-order chi connectivity index (χ1) is 9.43. The molecule has 0 unspecified atom stereocenters. The Hall–Kier alpha value is -1.88. The molecule has 0 aromatic heterocycles. The number of hydrogen-bond donors (Lipinski definition) is 2. The molecule has 0 bridgehead atoms. The van der Waals surface area contributed by atoms with Crippen molar-refractivity contribution in [1.82, 2.24) is 10.2 Å². The third kappa shape index (κ3) is 3.17. The zero-order valence-electron chi connectivity index (χ0n) is 11.8. The number of carbonyl (C=O) groups is 2. The summed E-state index contributed by atoms with van der Waals surface area (Å²) in [7, 11) is 0. The van der Waals surface area contributed by atoms with Crippen molar-refractivity contribution < 1.29 is 14.7 Å². The maximum absolute atomic E-state index is 12.2. The standard InChI is InChI=1S/C15H20N2O3/c1-3-15(20)9-17(10-15)14(19)13-6-4-12(5-7-13)8-16-11(2)18/h4-7,20H,3,8-10H2,1-2H3,(H,16,18). The van der Waals surface area contributed by atoms with E-state index in [1.54, 1.807) is 17.0 Å². The van der Waals surface area contributed by atoms with Crippen molar-refractivity contribution in [3.8, 4) is 0 Å². The normalized spacial score (nSPS) is 16.4. The number of nitrogens with zero attached hydrogens (tertiary/aromatic N) is 1. The fourth-order valence-corrected chi connectivity index (χ4v) is 2.21. The molecule has 0 spiro atoms. The second kappa shape index (κ2) is 5.63. The molecule has 2 N–H and O–H groups in total. The van der Waals surface area contributed by atoms with Crippen molar-refractivity contribution in [2.75, 3.05) is 13.1 Å². The van der Waals surface area contributed by atoms with Gasteiger partial charge in [0.25, 0.3) is 5.91 Å². The van der Waals surface area contributed by atoms with Gasteiger partial charge in [0.2, 0.25) is 5.91 Å². The summed E-state index contributed by atoms with van der Waals surface area (Å²) in [5.41, 5.74) is 0.848. The lowest BCUT2D eigenvalue weighted by Gasteiger charge is -2.46. The van der Waals surface area contributed by atoms with Gasteiger partial charge in [0.05, 0.1) is 18.7 Å². The quantitative estimate of drug-likeness (QED) is 0.859. The predicted molar refractivity (Wildman–Crippen MR) is 75.1 cm³/mol. The Labute approximate surface area is 118 Å². The molecule has 0 atom stereocenters. The number of carbonyl (C=O) groups excluding carboxylic acids is 2. The van der Waals surface area contributed by atoms with E-state index in [4.69, 9.17) is 0 Å². The van der Waals surface area contributed by atoms with Gasteiger partial charge >= 0.3 is 0 Å². The highest BCUT2D eigenvalue weighted by molar-refractivity contribution is 5.95. The first kappa shape index (κ1) is 14.5. The highest BCUT2D eigenvalue weighted by Gasteiger charge is 2.42. The number of likely N-dealkylation sites (tertiary alicyclic amines) is 1. The largest absolute Gasteiger partial charge is 0.386 e. The van der Waals surface area contributed by atoms with E-state index >= 15 is 0 Å². The van der Waals surface area contributed by atoms with Gasteiger partial charge in [-0.25, -0.2) is 0 Å². The Morgan fingerprint density at radius 1 is 1.30 bits per heavy atom. The SMILES string of the molecule is CCC1(O)CN(C(=O)c2ccc(CNC(C)=O)cc2)C1. The van der Waals surface area contributed by atoms with E-state index in [0.29, 0.717) is 31.6 Å². The van der Waals surface area contributed by atoms with E-state index in [2.05, 4.69) is 5.32 Å². The maximum atomic E-state index is 12.2. The molecule has 0 saturated carbocycles. The molecule has 1 fully saturated rings. The van der Waals surface area contributed by atoms with Gasteiger partial charge in [0, 0.05) is 19.0 Å². The number of amides is 2. The van der Waals surface area contributed by atoms with Gasteiger partial charge in [0.15, 0.2) is 0 Å². The molecule has 108 valence electrons. The van der Waals surface area contributed by atoms with Crippen LogP contribution in [0.3, 0.4) is 0 Å². The van der Waals surface area contributed by atoms with E-state index in [0.717, 1.165) is 5.56 Å². The van der Waals surface area contributed by atoms with Gasteiger partial charge in [-0.1, -0.05) is 19.1 Å². The number of rotatable bonds is 4. The van der Waals surface area contributed by atoms with Crippen molar-refractivity contribution in [2.24, 2.45) is 0 Å². The Bertz CT molecular complexity index is 504. The smallest absolute Gasteiger partial charge is 0.254 e. The molecular weight excluding hydrogens is 256 g/mol. The van der Waals surface area contributed by atoms with Gasteiger partial charge < -0.3 is 15.3 Å². The summed E-state index contributed by atoms with van der Waals surface area (Å²) in [6.45, 7) is 4.64. The second-order valence-electron chi connectivity index (χ2n) is 5.35. The molecule has 20 heavy (non-hydrogen) atoms. The summed E-state index contributed by atoms with van der Waals surface area (Å²) in [5, 5.41) is 12.6. The average Bonchev–Trinajstić information content (AvgIpc) is 2.41. The summed E-state index contributed by atoms with van der Waals surface area (Å²) in [5.74, 6) is -0.140. The molecule has 2 amide bonds. The third-order valence-corrected chi connectivity index (χ3v) is 3.66. The van der Waals surface area contributed by atoms with Crippen LogP contribution in [-0.4, -0.2) is 40.5 Å². The van der Waals surface area contributed by atoms with Crippen LogP contribution in [0, 0.1) is 0 Å². The van der Waals surface area contributed by atoms with E-state index < -0.39 is 5.60 Å². The number of nitrogens with one attached hydrogen (secondary N) is 1. The van der Waals surface area contributed by atoms with Gasteiger partial charge in [0.1, 0.15) is 0 Å². The minimum absolute atomic E-state index is 0.0609. The highest BCUT2D eigenvalue weighted by atomic mass is 16.3. The highest BCUT2D eigenvalue weighted by Crippen LogP contribution is 2.25. The van der Waals surface area contributed by atoms with Crippen LogP contribution >= 0.6 is 0 Å². The molecule has 5 heteroatoms. The van der Waals surface area contributed by atoms with E-state index in [-0.39, 0.29) is 11.8 Å². The van der Waals surface area contributed by atoms with Gasteiger partial charge in [-0.15, -0.1) is 0 Å². The van der Waals surface area contributed by atoms with E-state index in [9.17, 15) is 14.7 Å². The van der Waals surface area contributed by atoms with Crippen LogP contribution in [0.15, 0.2) is 24.3 Å². The lowest BCUT2D eigenvalue weighted by molar-refractivity contribution is -0.119. The minimum atomic E-state index is -0.707. The average molecular weight is 276 g/mol. The summed E-state index contributed by atoms with van der Waals surface area (Å²) >= 11 is 0. The Balaban J connectivity index is 1.93. The summed E-state index contributed by atoms with van der Waals surface area (Å²) in [6.07, 6.45) is 0.659. The van der Waals surface area contributed by atoms with Crippen LogP contribution in [-0.2, 0) is 11.3 Å². The zero-order chi connectivity index (χ0) is 14.8. The number of β-amino-alcohol motifs (C(OH)–C–C–N with tert-alkyl or cyclic N) is 1. The van der Waals surface area contributed by atoms with Crippen LogP contribution in [0.2, 0.25) is 0 Å². The maximum Gasteiger partial charge on any atom is 0.254 e. The van der Waals surface area contributed by atoms with E-state index in [1.165, 1.54) is 6.92 Å². The molecule has 1 aromatic carbocycles. The summed E-state index contributed by atoms with van der Waals surface area (Å²) in [4.78, 5) is 24.6. The lowest BCUT2D eigenvalue weighted by Crippen LogP contribution is -2.63.